The molecule has 0 aromatic heterocycles. The Hall–Kier alpha value is -1.56. The van der Waals surface area contributed by atoms with Crippen molar-refractivity contribution < 1.29 is 18.0 Å². The Morgan fingerprint density at radius 1 is 1.25 bits per heavy atom. The molecule has 0 fully saturated rings. The normalized spacial score (nSPS) is 12.6. The zero-order chi connectivity index (χ0) is 15.3. The number of benzene rings is 1. The van der Waals surface area contributed by atoms with Crippen LogP contribution in [0.5, 0.6) is 0 Å². The molecular weight excluding hydrogens is 269 g/mol. The van der Waals surface area contributed by atoms with Crippen molar-refractivity contribution in [2.24, 2.45) is 17.6 Å². The van der Waals surface area contributed by atoms with Crippen LogP contribution in [-0.2, 0) is 4.79 Å². The molecule has 3 nitrogen and oxygen atoms in total. The molecule has 112 valence electrons. The third kappa shape index (κ3) is 4.85. The van der Waals surface area contributed by atoms with Gasteiger partial charge in [-0.1, -0.05) is 13.8 Å². The first kappa shape index (κ1) is 16.5. The van der Waals surface area contributed by atoms with E-state index in [0.717, 1.165) is 18.6 Å². The van der Waals surface area contributed by atoms with Crippen LogP contribution in [0, 0.1) is 29.3 Å². The van der Waals surface area contributed by atoms with Crippen LogP contribution in [0.4, 0.5) is 18.9 Å². The molecule has 0 aliphatic carbocycles. The molecule has 0 aliphatic heterocycles. The number of carbonyl (C=O) groups excluding carboxylic acids is 1. The SMILES string of the molecule is CC(C)CC(CN)CC(=O)Nc1cc(F)c(F)c(F)c1. The summed E-state index contributed by atoms with van der Waals surface area (Å²) in [5, 5.41) is 2.35. The molecule has 1 aromatic rings. The number of nitrogens with one attached hydrogen (secondary N) is 1. The van der Waals surface area contributed by atoms with E-state index >= 15 is 0 Å². The number of halogens is 3. The molecule has 0 radical (unpaired) electrons. The van der Waals surface area contributed by atoms with Gasteiger partial charge in [-0.25, -0.2) is 13.2 Å². The Morgan fingerprint density at radius 3 is 2.25 bits per heavy atom. The molecule has 3 N–H and O–H groups in total. The third-order valence-electron chi connectivity index (χ3n) is 2.88. The summed E-state index contributed by atoms with van der Waals surface area (Å²) in [5.74, 6) is -4.22. The van der Waals surface area contributed by atoms with Gasteiger partial charge >= 0.3 is 0 Å². The highest BCUT2D eigenvalue weighted by atomic mass is 19.2. The molecule has 0 aliphatic rings. The minimum Gasteiger partial charge on any atom is -0.330 e. The quantitative estimate of drug-likeness (QED) is 0.790. The van der Waals surface area contributed by atoms with E-state index in [0.29, 0.717) is 12.5 Å². The predicted octanol–water partition coefficient (Wildman–Crippen LogP) is 3.05. The standard InChI is InChI=1S/C14H19F3N2O/c1-8(2)3-9(7-18)4-13(20)19-10-5-11(15)14(17)12(16)6-10/h5-6,8-9H,3-4,7,18H2,1-2H3,(H,19,20). The van der Waals surface area contributed by atoms with Crippen LogP contribution < -0.4 is 11.1 Å². The first-order chi connectivity index (χ1) is 9.33. The van der Waals surface area contributed by atoms with Crippen molar-refractivity contribution in [3.05, 3.63) is 29.6 Å². The zero-order valence-electron chi connectivity index (χ0n) is 11.6. The van der Waals surface area contributed by atoms with E-state index in [4.69, 9.17) is 5.73 Å². The molecule has 1 aromatic carbocycles. The number of rotatable bonds is 6. The van der Waals surface area contributed by atoms with Crippen molar-refractivity contribution in [3.8, 4) is 0 Å². The monoisotopic (exact) mass is 288 g/mol. The van der Waals surface area contributed by atoms with Gasteiger partial charge < -0.3 is 11.1 Å². The average Bonchev–Trinajstić information content (AvgIpc) is 2.34. The Balaban J connectivity index is 2.66. The van der Waals surface area contributed by atoms with Crippen LogP contribution in [0.3, 0.4) is 0 Å². The van der Waals surface area contributed by atoms with Crippen LogP contribution in [0.15, 0.2) is 12.1 Å². The van der Waals surface area contributed by atoms with E-state index in [1.165, 1.54) is 0 Å². The summed E-state index contributed by atoms with van der Waals surface area (Å²) in [6.07, 6.45) is 0.950. The lowest BCUT2D eigenvalue weighted by molar-refractivity contribution is -0.117. The van der Waals surface area contributed by atoms with E-state index in [-0.39, 0.29) is 18.0 Å². The number of hydrogen-bond acceptors (Lipinski definition) is 2. The fraction of sp³-hybridized carbons (Fsp3) is 0.500. The Morgan fingerprint density at radius 2 is 1.80 bits per heavy atom. The van der Waals surface area contributed by atoms with Gasteiger partial charge in [0, 0.05) is 24.2 Å². The van der Waals surface area contributed by atoms with Crippen LogP contribution in [0.2, 0.25) is 0 Å². The van der Waals surface area contributed by atoms with E-state index < -0.39 is 23.4 Å². The van der Waals surface area contributed by atoms with Crippen molar-refractivity contribution in [1.82, 2.24) is 0 Å². The molecule has 1 amide bonds. The van der Waals surface area contributed by atoms with Gasteiger partial charge in [0.25, 0.3) is 0 Å². The van der Waals surface area contributed by atoms with Gasteiger partial charge in [0.2, 0.25) is 5.91 Å². The van der Waals surface area contributed by atoms with E-state index in [2.05, 4.69) is 5.32 Å². The second kappa shape index (κ2) is 7.28. The molecule has 0 heterocycles. The molecule has 1 unspecified atom stereocenters. The molecule has 0 bridgehead atoms. The molecule has 6 heteroatoms. The molecule has 1 rings (SSSR count). The van der Waals surface area contributed by atoms with E-state index in [1.807, 2.05) is 13.8 Å². The molecular formula is C14H19F3N2O. The first-order valence-electron chi connectivity index (χ1n) is 6.48. The highest BCUT2D eigenvalue weighted by Crippen LogP contribution is 2.19. The number of carbonyl (C=O) groups is 1. The van der Waals surface area contributed by atoms with Gasteiger partial charge in [-0.15, -0.1) is 0 Å². The summed E-state index contributed by atoms with van der Waals surface area (Å²) in [6, 6.07) is 1.49. The van der Waals surface area contributed by atoms with Gasteiger partial charge in [-0.3, -0.25) is 4.79 Å². The van der Waals surface area contributed by atoms with Gasteiger partial charge in [0.15, 0.2) is 17.5 Å². The maximum Gasteiger partial charge on any atom is 0.224 e. The second-order valence-electron chi connectivity index (χ2n) is 5.24. The van der Waals surface area contributed by atoms with Crippen molar-refractivity contribution in [2.45, 2.75) is 26.7 Å². The molecule has 0 saturated carbocycles. The minimum atomic E-state index is -1.55. The van der Waals surface area contributed by atoms with Crippen LogP contribution >= 0.6 is 0 Å². The first-order valence-corrected chi connectivity index (χ1v) is 6.48. The van der Waals surface area contributed by atoms with Gasteiger partial charge in [-0.2, -0.15) is 0 Å². The average molecular weight is 288 g/mol. The number of hydrogen-bond donors (Lipinski definition) is 2. The number of nitrogens with two attached hydrogens (primary N) is 1. The summed E-state index contributed by atoms with van der Waals surface area (Å²) < 4.78 is 38.8. The molecule has 0 saturated heterocycles. The summed E-state index contributed by atoms with van der Waals surface area (Å²) in [6.45, 7) is 4.40. The zero-order valence-corrected chi connectivity index (χ0v) is 11.6. The summed E-state index contributed by atoms with van der Waals surface area (Å²) in [4.78, 5) is 11.8. The lowest BCUT2D eigenvalue weighted by Gasteiger charge is -2.16. The largest absolute Gasteiger partial charge is 0.330 e. The summed E-state index contributed by atoms with van der Waals surface area (Å²) in [7, 11) is 0. The van der Waals surface area contributed by atoms with Gasteiger partial charge in [0.1, 0.15) is 0 Å². The van der Waals surface area contributed by atoms with Crippen molar-refractivity contribution in [3.63, 3.8) is 0 Å². The van der Waals surface area contributed by atoms with Crippen LogP contribution in [-0.4, -0.2) is 12.5 Å². The Bertz CT molecular complexity index is 454. The van der Waals surface area contributed by atoms with Crippen molar-refractivity contribution in [1.29, 1.82) is 0 Å². The molecule has 0 spiro atoms. The second-order valence-corrected chi connectivity index (χ2v) is 5.24. The van der Waals surface area contributed by atoms with E-state index in [1.54, 1.807) is 0 Å². The smallest absolute Gasteiger partial charge is 0.224 e. The van der Waals surface area contributed by atoms with Gasteiger partial charge in [-0.05, 0) is 24.8 Å². The van der Waals surface area contributed by atoms with Crippen molar-refractivity contribution in [2.75, 3.05) is 11.9 Å². The highest BCUT2D eigenvalue weighted by molar-refractivity contribution is 5.90. The highest BCUT2D eigenvalue weighted by Gasteiger charge is 2.16. The lowest BCUT2D eigenvalue weighted by atomic mass is 9.94. The molecule has 20 heavy (non-hydrogen) atoms. The maximum atomic E-state index is 13.0. The Labute approximate surface area is 116 Å². The fourth-order valence-corrected chi connectivity index (χ4v) is 2.03. The fourth-order valence-electron chi connectivity index (χ4n) is 2.03. The number of anilines is 1. The summed E-state index contributed by atoms with van der Waals surface area (Å²) >= 11 is 0. The van der Waals surface area contributed by atoms with Gasteiger partial charge in [0.05, 0.1) is 0 Å². The predicted molar refractivity (Wildman–Crippen MR) is 71.6 cm³/mol. The molecule has 1 atom stereocenters. The number of amides is 1. The van der Waals surface area contributed by atoms with E-state index in [9.17, 15) is 18.0 Å². The Kier molecular flexibility index (Phi) is 6.01. The third-order valence-corrected chi connectivity index (χ3v) is 2.88. The van der Waals surface area contributed by atoms with Crippen LogP contribution in [0.25, 0.3) is 0 Å². The minimum absolute atomic E-state index is 0.00476. The van der Waals surface area contributed by atoms with Crippen molar-refractivity contribution >= 4 is 11.6 Å². The maximum absolute atomic E-state index is 13.0. The summed E-state index contributed by atoms with van der Waals surface area (Å²) in [5.41, 5.74) is 5.48. The lowest BCUT2D eigenvalue weighted by Crippen LogP contribution is -2.23. The topological polar surface area (TPSA) is 55.1 Å². The van der Waals surface area contributed by atoms with Crippen LogP contribution in [0.1, 0.15) is 26.7 Å².